The fourth-order valence-electron chi connectivity index (χ4n) is 1.47. The van der Waals surface area contributed by atoms with Crippen molar-refractivity contribution in [2.75, 3.05) is 12.9 Å². The number of ether oxygens (including phenoxy) is 1. The topological polar surface area (TPSA) is 147 Å². The van der Waals surface area contributed by atoms with E-state index < -0.39 is 39.7 Å². The number of aliphatic carboxylic acids is 2. The molecule has 0 fully saturated rings. The molecule has 0 saturated heterocycles. The Morgan fingerprint density at radius 2 is 1.76 bits per heavy atom. The molecule has 0 bridgehead atoms. The molecule has 21 heavy (non-hydrogen) atoms. The second kappa shape index (κ2) is 9.29. The number of carbonyl (C=O) groups excluding carboxylic acids is 1. The molecule has 10 heteroatoms. The fraction of sp³-hybridized carbons (Fsp3) is 0.727. The van der Waals surface area contributed by atoms with Crippen molar-refractivity contribution in [3.05, 3.63) is 0 Å². The summed E-state index contributed by atoms with van der Waals surface area (Å²) < 4.78 is 29.7. The van der Waals surface area contributed by atoms with E-state index in [9.17, 15) is 22.8 Å². The minimum atomic E-state index is -3.87. The minimum Gasteiger partial charge on any atom is -0.481 e. The van der Waals surface area contributed by atoms with Gasteiger partial charge in [0.05, 0.1) is 12.9 Å². The van der Waals surface area contributed by atoms with Gasteiger partial charge in [0.15, 0.2) is 0 Å². The van der Waals surface area contributed by atoms with E-state index in [1.54, 1.807) is 0 Å². The number of rotatable bonds is 11. The summed E-state index contributed by atoms with van der Waals surface area (Å²) in [5.41, 5.74) is 0. The maximum atomic E-state index is 11.7. The Bertz CT molecular complexity index is 473. The summed E-state index contributed by atoms with van der Waals surface area (Å²) in [6, 6.07) is -1.38. The molecule has 0 spiro atoms. The molecule has 0 rings (SSSR count). The lowest BCUT2D eigenvalue weighted by Gasteiger charge is -2.14. The molecule has 0 aromatic heterocycles. The Kier molecular flexibility index (Phi) is 8.55. The highest BCUT2D eigenvalue weighted by molar-refractivity contribution is 7.89. The summed E-state index contributed by atoms with van der Waals surface area (Å²) in [5, 5.41) is 17.4. The lowest BCUT2D eigenvalue weighted by atomic mass is 10.1. The Morgan fingerprint density at radius 3 is 2.24 bits per heavy atom. The lowest BCUT2D eigenvalue weighted by molar-refractivity contribution is -0.141. The number of hydrogen-bond donors (Lipinski definition) is 3. The molecule has 0 aliphatic rings. The monoisotopic (exact) mass is 325 g/mol. The first-order chi connectivity index (χ1) is 9.68. The van der Waals surface area contributed by atoms with Gasteiger partial charge in [-0.2, -0.15) is 0 Å². The third kappa shape index (κ3) is 9.79. The predicted molar refractivity (Wildman–Crippen MR) is 71.1 cm³/mol. The molecule has 0 amide bonds. The van der Waals surface area contributed by atoms with E-state index in [4.69, 9.17) is 10.2 Å². The Balaban J connectivity index is 4.37. The predicted octanol–water partition coefficient (Wildman–Crippen LogP) is -0.433. The molecule has 3 N–H and O–H groups in total. The van der Waals surface area contributed by atoms with Gasteiger partial charge in [0.25, 0.3) is 0 Å². The number of hydrogen-bond acceptors (Lipinski definition) is 6. The summed E-state index contributed by atoms with van der Waals surface area (Å²) >= 11 is 0. The number of methoxy groups -OCH3 is 1. The second-order valence-corrected chi connectivity index (χ2v) is 6.17. The Labute approximate surface area is 122 Å². The second-order valence-electron chi connectivity index (χ2n) is 4.29. The zero-order valence-electron chi connectivity index (χ0n) is 11.6. The standard InChI is InChI=1S/C11H19NO8S/c1-20-10(15)6-3-7-21(18,19)12-8(11(16)17)4-2-5-9(13)14/h8,12H,2-7H2,1H3,(H,13,14)(H,16,17)/t8-/m1/s1. The van der Waals surface area contributed by atoms with Crippen molar-refractivity contribution >= 4 is 27.9 Å². The van der Waals surface area contributed by atoms with Gasteiger partial charge in [0.2, 0.25) is 10.0 Å². The van der Waals surface area contributed by atoms with Gasteiger partial charge in [0.1, 0.15) is 6.04 Å². The SMILES string of the molecule is COC(=O)CCCS(=O)(=O)N[C@H](CCCC(=O)O)C(=O)O. The molecule has 0 aliphatic heterocycles. The third-order valence-corrected chi connectivity index (χ3v) is 3.99. The number of carbonyl (C=O) groups is 3. The summed E-state index contributed by atoms with van der Waals surface area (Å²) in [7, 11) is -2.69. The van der Waals surface area contributed by atoms with Crippen molar-refractivity contribution in [2.24, 2.45) is 0 Å². The van der Waals surface area contributed by atoms with Crippen LogP contribution in [0.25, 0.3) is 0 Å². The fourth-order valence-corrected chi connectivity index (χ4v) is 2.77. The van der Waals surface area contributed by atoms with Crippen molar-refractivity contribution in [3.63, 3.8) is 0 Å². The van der Waals surface area contributed by atoms with Crippen LogP contribution in [0.4, 0.5) is 0 Å². The number of sulfonamides is 1. The average molecular weight is 325 g/mol. The third-order valence-electron chi connectivity index (χ3n) is 2.52. The van der Waals surface area contributed by atoms with E-state index >= 15 is 0 Å². The van der Waals surface area contributed by atoms with Crippen LogP contribution in [0, 0.1) is 0 Å². The van der Waals surface area contributed by atoms with Crippen molar-refractivity contribution < 1.29 is 37.8 Å². The first-order valence-corrected chi connectivity index (χ1v) is 7.84. The molecule has 1 atom stereocenters. The van der Waals surface area contributed by atoms with E-state index in [1.165, 1.54) is 7.11 Å². The molecule has 0 saturated carbocycles. The highest BCUT2D eigenvalue weighted by atomic mass is 32.2. The highest BCUT2D eigenvalue weighted by Gasteiger charge is 2.23. The largest absolute Gasteiger partial charge is 0.481 e. The van der Waals surface area contributed by atoms with E-state index in [-0.39, 0.29) is 32.1 Å². The molecule has 0 radical (unpaired) electrons. The first-order valence-electron chi connectivity index (χ1n) is 6.19. The molecule has 0 unspecified atom stereocenters. The van der Waals surface area contributed by atoms with Crippen molar-refractivity contribution in [3.8, 4) is 0 Å². The van der Waals surface area contributed by atoms with Gasteiger partial charge in [-0.25, -0.2) is 13.1 Å². The van der Waals surface area contributed by atoms with Gasteiger partial charge in [0, 0.05) is 12.8 Å². The van der Waals surface area contributed by atoms with Crippen molar-refractivity contribution in [2.45, 2.75) is 38.1 Å². The van der Waals surface area contributed by atoms with E-state index in [0.717, 1.165) is 0 Å². The molecule has 9 nitrogen and oxygen atoms in total. The van der Waals surface area contributed by atoms with Gasteiger partial charge in [-0.15, -0.1) is 0 Å². The van der Waals surface area contributed by atoms with Gasteiger partial charge in [-0.05, 0) is 19.3 Å². The summed E-state index contributed by atoms with van der Waals surface area (Å²) in [6.45, 7) is 0. The lowest BCUT2D eigenvalue weighted by Crippen LogP contribution is -2.41. The van der Waals surface area contributed by atoms with Gasteiger partial charge in [-0.3, -0.25) is 14.4 Å². The summed E-state index contributed by atoms with van der Waals surface area (Å²) in [4.78, 5) is 32.1. The average Bonchev–Trinajstić information content (AvgIpc) is 2.36. The molecule has 122 valence electrons. The maximum Gasteiger partial charge on any atom is 0.321 e. The van der Waals surface area contributed by atoms with E-state index in [0.29, 0.717) is 0 Å². The van der Waals surface area contributed by atoms with Crippen LogP contribution in [0.2, 0.25) is 0 Å². The van der Waals surface area contributed by atoms with Crippen molar-refractivity contribution in [1.82, 2.24) is 4.72 Å². The van der Waals surface area contributed by atoms with Crippen LogP contribution >= 0.6 is 0 Å². The van der Waals surface area contributed by atoms with E-state index in [2.05, 4.69) is 4.74 Å². The summed E-state index contributed by atoms with van der Waals surface area (Å²) in [6.07, 6.45) is -0.416. The van der Waals surface area contributed by atoms with Crippen LogP contribution in [0.15, 0.2) is 0 Å². The molecule has 0 aromatic rings. The quantitative estimate of drug-likeness (QED) is 0.433. The Morgan fingerprint density at radius 1 is 1.14 bits per heavy atom. The van der Waals surface area contributed by atoms with E-state index in [1.807, 2.05) is 4.72 Å². The van der Waals surface area contributed by atoms with Crippen LogP contribution in [-0.4, -0.2) is 55.4 Å². The number of carboxylic acids is 2. The zero-order valence-corrected chi connectivity index (χ0v) is 12.4. The van der Waals surface area contributed by atoms with Crippen molar-refractivity contribution in [1.29, 1.82) is 0 Å². The molecule has 0 heterocycles. The van der Waals surface area contributed by atoms with Gasteiger partial charge in [-0.1, -0.05) is 0 Å². The van der Waals surface area contributed by atoms with Crippen LogP contribution in [0.3, 0.4) is 0 Å². The zero-order chi connectivity index (χ0) is 16.5. The summed E-state index contributed by atoms with van der Waals surface area (Å²) in [5.74, 6) is -3.43. The molecule has 0 aliphatic carbocycles. The number of esters is 1. The van der Waals surface area contributed by atoms with Gasteiger partial charge < -0.3 is 14.9 Å². The molecule has 0 aromatic carbocycles. The normalized spacial score (nSPS) is 12.6. The van der Waals surface area contributed by atoms with Gasteiger partial charge >= 0.3 is 17.9 Å². The first kappa shape index (κ1) is 19.3. The van der Waals surface area contributed by atoms with Crippen LogP contribution in [0.5, 0.6) is 0 Å². The molecular formula is C11H19NO8S. The van der Waals surface area contributed by atoms with Crippen LogP contribution < -0.4 is 4.72 Å². The van der Waals surface area contributed by atoms with Crippen LogP contribution in [0.1, 0.15) is 32.1 Å². The molecular weight excluding hydrogens is 306 g/mol. The number of nitrogens with one attached hydrogen (secondary N) is 1. The van der Waals surface area contributed by atoms with Crippen LogP contribution in [-0.2, 0) is 29.1 Å². The smallest absolute Gasteiger partial charge is 0.321 e. The minimum absolute atomic E-state index is 0.00344. The Hall–Kier alpha value is -1.68. The highest BCUT2D eigenvalue weighted by Crippen LogP contribution is 2.05. The number of carboxylic acid groups (broad SMARTS) is 2. The maximum absolute atomic E-state index is 11.7.